The van der Waals surface area contributed by atoms with Crippen molar-refractivity contribution in [1.82, 2.24) is 19.7 Å². The molecule has 2 aromatic heterocycles. The molecule has 1 aliphatic rings. The lowest BCUT2D eigenvalue weighted by Crippen LogP contribution is -2.56. The minimum atomic E-state index is -0.457. The van der Waals surface area contributed by atoms with Crippen molar-refractivity contribution in [1.29, 1.82) is 0 Å². The Morgan fingerprint density at radius 1 is 1.53 bits per heavy atom. The second kappa shape index (κ2) is 4.55. The maximum Gasteiger partial charge on any atom is 0.253 e. The second-order valence-corrected chi connectivity index (χ2v) is 4.93. The summed E-state index contributed by atoms with van der Waals surface area (Å²) in [7, 11) is 1.87. The third-order valence-corrected chi connectivity index (χ3v) is 3.54. The molecule has 2 aromatic rings. The van der Waals surface area contributed by atoms with Crippen molar-refractivity contribution in [2.75, 3.05) is 0 Å². The molecule has 0 bridgehead atoms. The van der Waals surface area contributed by atoms with Crippen LogP contribution in [0.1, 0.15) is 22.8 Å². The van der Waals surface area contributed by atoms with Gasteiger partial charge in [0.1, 0.15) is 0 Å². The molecule has 2 heterocycles. The number of rotatable bonds is 3. The Morgan fingerprint density at radius 3 is 2.95 bits per heavy atom. The summed E-state index contributed by atoms with van der Waals surface area (Å²) in [5.41, 5.74) is 0.628. The minimum absolute atomic E-state index is 0.0809. The highest BCUT2D eigenvalue weighted by atomic mass is 16.3. The smallest absolute Gasteiger partial charge is 0.253 e. The third kappa shape index (κ3) is 2.15. The molecule has 1 amide bonds. The number of carbonyl (C=O) groups is 1. The lowest BCUT2D eigenvalue weighted by molar-refractivity contribution is -0.00588. The van der Waals surface area contributed by atoms with Crippen LogP contribution in [-0.4, -0.2) is 37.5 Å². The Balaban J connectivity index is 1.69. The molecule has 3 rings (SSSR count). The van der Waals surface area contributed by atoms with Gasteiger partial charge in [-0.3, -0.25) is 9.48 Å². The molecular formula is C13H16N4O2. The number of aliphatic hydroxyl groups is 1. The largest absolute Gasteiger partial charge is 0.391 e. The molecule has 0 spiro atoms. The molecule has 6 nitrogen and oxygen atoms in total. The highest BCUT2D eigenvalue weighted by molar-refractivity contribution is 5.94. The zero-order valence-electron chi connectivity index (χ0n) is 10.6. The maximum atomic E-state index is 12.0. The van der Waals surface area contributed by atoms with E-state index in [9.17, 15) is 9.90 Å². The quantitative estimate of drug-likeness (QED) is 0.835. The van der Waals surface area contributed by atoms with Crippen molar-refractivity contribution in [3.05, 3.63) is 42.5 Å². The minimum Gasteiger partial charge on any atom is -0.391 e. The van der Waals surface area contributed by atoms with Gasteiger partial charge in [0, 0.05) is 31.8 Å². The van der Waals surface area contributed by atoms with Crippen LogP contribution in [-0.2, 0) is 7.05 Å². The van der Waals surface area contributed by atoms with Gasteiger partial charge in [-0.25, -0.2) is 0 Å². The molecule has 19 heavy (non-hydrogen) atoms. The normalized spacial score (nSPS) is 25.9. The van der Waals surface area contributed by atoms with E-state index < -0.39 is 6.10 Å². The molecule has 0 saturated heterocycles. The second-order valence-electron chi connectivity index (χ2n) is 4.93. The summed E-state index contributed by atoms with van der Waals surface area (Å²) >= 11 is 0. The van der Waals surface area contributed by atoms with Crippen molar-refractivity contribution < 1.29 is 9.90 Å². The number of aromatic nitrogens is 3. The molecule has 1 saturated carbocycles. The Hall–Kier alpha value is -2.08. The van der Waals surface area contributed by atoms with Gasteiger partial charge in [-0.05, 0) is 18.6 Å². The SMILES string of the molecule is Cn1ccc(C(=O)N[C@H]2C[C@@H](O)[C@@H]2n2cccn2)c1. The summed E-state index contributed by atoms with van der Waals surface area (Å²) in [6.07, 6.45) is 7.17. The highest BCUT2D eigenvalue weighted by Crippen LogP contribution is 2.32. The number of nitrogens with zero attached hydrogens (tertiary/aromatic N) is 3. The Labute approximate surface area is 110 Å². The number of hydrogen-bond acceptors (Lipinski definition) is 3. The van der Waals surface area contributed by atoms with E-state index in [1.54, 1.807) is 35.4 Å². The van der Waals surface area contributed by atoms with Crippen LogP contribution >= 0.6 is 0 Å². The van der Waals surface area contributed by atoms with Crippen molar-refractivity contribution in [3.8, 4) is 0 Å². The fourth-order valence-corrected chi connectivity index (χ4v) is 2.46. The van der Waals surface area contributed by atoms with Crippen molar-refractivity contribution in [2.24, 2.45) is 7.05 Å². The fraction of sp³-hybridized carbons (Fsp3) is 0.385. The van der Waals surface area contributed by atoms with E-state index in [1.165, 1.54) is 0 Å². The van der Waals surface area contributed by atoms with E-state index in [1.807, 2.05) is 17.8 Å². The summed E-state index contributed by atoms with van der Waals surface area (Å²) in [5.74, 6) is -0.116. The number of aliphatic hydroxyl groups excluding tert-OH is 1. The number of hydrogen-bond donors (Lipinski definition) is 2. The van der Waals surface area contributed by atoms with E-state index in [0.29, 0.717) is 12.0 Å². The van der Waals surface area contributed by atoms with Crippen LogP contribution in [0, 0.1) is 0 Å². The van der Waals surface area contributed by atoms with Gasteiger partial charge in [0.05, 0.1) is 23.8 Å². The molecule has 0 unspecified atom stereocenters. The average Bonchev–Trinajstić information content (AvgIpc) is 2.99. The Kier molecular flexibility index (Phi) is 2.87. The first kappa shape index (κ1) is 12.0. The zero-order chi connectivity index (χ0) is 13.4. The lowest BCUT2D eigenvalue weighted by Gasteiger charge is -2.41. The van der Waals surface area contributed by atoms with Gasteiger partial charge in [0.25, 0.3) is 5.91 Å². The summed E-state index contributed by atoms with van der Waals surface area (Å²) in [5, 5.41) is 16.9. The molecule has 1 aliphatic carbocycles. The monoisotopic (exact) mass is 260 g/mol. The van der Waals surface area contributed by atoms with E-state index >= 15 is 0 Å². The summed E-state index contributed by atoms with van der Waals surface area (Å²) in [4.78, 5) is 12.0. The standard InChI is InChI=1S/C13H16N4O2/c1-16-6-3-9(8-16)13(19)15-10-7-11(18)12(10)17-5-2-4-14-17/h2-6,8,10-12,18H,7H2,1H3,(H,15,19)/t10-,11+,12+/m0/s1. The van der Waals surface area contributed by atoms with Crippen LogP contribution < -0.4 is 5.32 Å². The molecule has 100 valence electrons. The first-order chi connectivity index (χ1) is 9.15. The zero-order valence-corrected chi connectivity index (χ0v) is 10.6. The predicted octanol–water partition coefficient (Wildman–Crippen LogP) is 0.326. The van der Waals surface area contributed by atoms with Crippen LogP contribution in [0.5, 0.6) is 0 Å². The van der Waals surface area contributed by atoms with Gasteiger partial charge in [-0.1, -0.05) is 0 Å². The molecule has 1 fully saturated rings. The first-order valence-corrected chi connectivity index (χ1v) is 6.25. The van der Waals surface area contributed by atoms with Crippen LogP contribution in [0.4, 0.5) is 0 Å². The van der Waals surface area contributed by atoms with Crippen LogP contribution in [0.15, 0.2) is 36.9 Å². The summed E-state index contributed by atoms with van der Waals surface area (Å²) in [6, 6.07) is 3.32. The highest BCUT2D eigenvalue weighted by Gasteiger charge is 2.42. The van der Waals surface area contributed by atoms with Gasteiger partial charge >= 0.3 is 0 Å². The van der Waals surface area contributed by atoms with Gasteiger partial charge in [0.15, 0.2) is 0 Å². The maximum absolute atomic E-state index is 12.0. The molecule has 2 N–H and O–H groups in total. The Morgan fingerprint density at radius 2 is 2.37 bits per heavy atom. The molecule has 3 atom stereocenters. The average molecular weight is 260 g/mol. The number of amides is 1. The third-order valence-electron chi connectivity index (χ3n) is 3.54. The summed E-state index contributed by atoms with van der Waals surface area (Å²) < 4.78 is 3.53. The van der Waals surface area contributed by atoms with Crippen LogP contribution in [0.2, 0.25) is 0 Å². The van der Waals surface area contributed by atoms with Crippen molar-refractivity contribution in [2.45, 2.75) is 24.6 Å². The van der Waals surface area contributed by atoms with Crippen LogP contribution in [0.3, 0.4) is 0 Å². The van der Waals surface area contributed by atoms with Gasteiger partial charge in [0.2, 0.25) is 0 Å². The number of carbonyl (C=O) groups excluding carboxylic acids is 1. The summed E-state index contributed by atoms with van der Waals surface area (Å²) in [6.45, 7) is 0. The van der Waals surface area contributed by atoms with Crippen molar-refractivity contribution in [3.63, 3.8) is 0 Å². The van der Waals surface area contributed by atoms with Gasteiger partial charge in [-0.15, -0.1) is 0 Å². The molecule has 6 heteroatoms. The van der Waals surface area contributed by atoms with Gasteiger partial charge < -0.3 is 15.0 Å². The van der Waals surface area contributed by atoms with E-state index in [2.05, 4.69) is 10.4 Å². The van der Waals surface area contributed by atoms with E-state index in [4.69, 9.17) is 0 Å². The predicted molar refractivity (Wildman–Crippen MR) is 68.6 cm³/mol. The number of nitrogens with one attached hydrogen (secondary N) is 1. The van der Waals surface area contributed by atoms with Crippen molar-refractivity contribution >= 4 is 5.91 Å². The lowest BCUT2D eigenvalue weighted by atomic mass is 9.83. The Bertz CT molecular complexity index is 575. The topological polar surface area (TPSA) is 72.1 Å². The van der Waals surface area contributed by atoms with Gasteiger partial charge in [-0.2, -0.15) is 5.10 Å². The molecule has 0 aliphatic heterocycles. The van der Waals surface area contributed by atoms with E-state index in [-0.39, 0.29) is 18.0 Å². The molecule has 0 aromatic carbocycles. The first-order valence-electron chi connectivity index (χ1n) is 6.25. The fourth-order valence-electron chi connectivity index (χ4n) is 2.46. The van der Waals surface area contributed by atoms with E-state index in [0.717, 1.165) is 0 Å². The van der Waals surface area contributed by atoms with Crippen LogP contribution in [0.25, 0.3) is 0 Å². The molecular weight excluding hydrogens is 244 g/mol. The molecule has 0 radical (unpaired) electrons. The number of aryl methyl sites for hydroxylation is 1.